The van der Waals surface area contributed by atoms with E-state index in [9.17, 15) is 4.79 Å². The molecule has 0 saturated heterocycles. The van der Waals surface area contributed by atoms with Crippen LogP contribution in [0, 0.1) is 6.92 Å². The summed E-state index contributed by atoms with van der Waals surface area (Å²) in [6.45, 7) is 2.01. The Labute approximate surface area is 170 Å². The standard InChI is InChI=1S/C22H26N6O/c1-15-10-11-17(25-19(29)16-8-4-2-5-9-16)18(14-15)28-21(24)26-20(23)27-22(28)12-6-3-7-13-22/h2,4-5,8-11,14H,3,6-7,12-13H2,1H3,(H,25,29)(H4,23,24,26,27). The number of guanidine groups is 2. The number of nitrogens with zero attached hydrogens (tertiary/aromatic N) is 3. The summed E-state index contributed by atoms with van der Waals surface area (Å²) in [7, 11) is 0. The highest BCUT2D eigenvalue weighted by Gasteiger charge is 2.43. The minimum Gasteiger partial charge on any atom is -0.369 e. The second kappa shape index (κ2) is 7.58. The summed E-state index contributed by atoms with van der Waals surface area (Å²) < 4.78 is 0. The van der Waals surface area contributed by atoms with E-state index in [0.29, 0.717) is 17.2 Å². The fourth-order valence-electron chi connectivity index (χ4n) is 4.19. The molecule has 150 valence electrons. The number of hydrogen-bond donors (Lipinski definition) is 3. The van der Waals surface area contributed by atoms with Gasteiger partial charge in [0.25, 0.3) is 5.91 Å². The van der Waals surface area contributed by atoms with E-state index >= 15 is 0 Å². The molecule has 1 aliphatic carbocycles. The molecule has 0 bridgehead atoms. The van der Waals surface area contributed by atoms with Gasteiger partial charge in [-0.05, 0) is 62.4 Å². The maximum atomic E-state index is 12.8. The van der Waals surface area contributed by atoms with Gasteiger partial charge in [0.2, 0.25) is 11.9 Å². The summed E-state index contributed by atoms with van der Waals surface area (Å²) in [5.74, 6) is 0.340. The zero-order valence-electron chi connectivity index (χ0n) is 16.6. The van der Waals surface area contributed by atoms with E-state index in [1.807, 2.05) is 48.2 Å². The summed E-state index contributed by atoms with van der Waals surface area (Å²) in [5.41, 5.74) is 14.9. The molecule has 0 atom stereocenters. The Kier molecular flexibility index (Phi) is 4.96. The predicted octanol–water partition coefficient (Wildman–Crippen LogP) is 3.36. The molecule has 2 aromatic rings. The third-order valence-electron chi connectivity index (χ3n) is 5.53. The maximum absolute atomic E-state index is 12.8. The first-order chi connectivity index (χ1) is 14.0. The number of aliphatic imine (C=N–C) groups is 2. The van der Waals surface area contributed by atoms with Gasteiger partial charge in [0.05, 0.1) is 11.4 Å². The van der Waals surface area contributed by atoms with Crippen LogP contribution in [-0.2, 0) is 0 Å². The van der Waals surface area contributed by atoms with Crippen LogP contribution in [0.3, 0.4) is 0 Å². The number of anilines is 2. The maximum Gasteiger partial charge on any atom is 0.255 e. The molecule has 1 fully saturated rings. The first kappa shape index (κ1) is 19.0. The quantitative estimate of drug-likeness (QED) is 0.746. The lowest BCUT2D eigenvalue weighted by molar-refractivity contribution is 0.102. The van der Waals surface area contributed by atoms with Crippen molar-refractivity contribution < 1.29 is 4.79 Å². The molecule has 0 radical (unpaired) electrons. The molecule has 2 aromatic carbocycles. The molecule has 7 nitrogen and oxygen atoms in total. The van der Waals surface area contributed by atoms with Crippen LogP contribution >= 0.6 is 0 Å². The minimum atomic E-state index is -0.561. The minimum absolute atomic E-state index is 0.177. The van der Waals surface area contributed by atoms with Crippen LogP contribution in [0.25, 0.3) is 0 Å². The van der Waals surface area contributed by atoms with E-state index in [-0.39, 0.29) is 11.9 Å². The molecule has 1 spiro atoms. The highest BCUT2D eigenvalue weighted by Crippen LogP contribution is 2.42. The van der Waals surface area contributed by atoms with Gasteiger partial charge in [-0.15, -0.1) is 0 Å². The number of carbonyl (C=O) groups excluding carboxylic acids is 1. The van der Waals surface area contributed by atoms with E-state index in [1.54, 1.807) is 12.1 Å². The molecule has 29 heavy (non-hydrogen) atoms. The summed E-state index contributed by atoms with van der Waals surface area (Å²) in [6, 6.07) is 15.0. The van der Waals surface area contributed by atoms with Gasteiger partial charge in [-0.1, -0.05) is 30.7 Å². The summed E-state index contributed by atoms with van der Waals surface area (Å²) in [5, 5.41) is 3.03. The smallest absolute Gasteiger partial charge is 0.255 e. The van der Waals surface area contributed by atoms with E-state index < -0.39 is 5.66 Å². The van der Waals surface area contributed by atoms with Crippen molar-refractivity contribution in [1.82, 2.24) is 0 Å². The molecule has 0 aromatic heterocycles. The van der Waals surface area contributed by atoms with Crippen LogP contribution in [0.4, 0.5) is 11.4 Å². The van der Waals surface area contributed by atoms with Crippen LogP contribution in [0.5, 0.6) is 0 Å². The number of aryl methyl sites for hydroxylation is 1. The molecule has 1 amide bonds. The molecule has 1 heterocycles. The Hall–Kier alpha value is -3.35. The Balaban J connectivity index is 1.76. The fourth-order valence-corrected chi connectivity index (χ4v) is 4.19. The van der Waals surface area contributed by atoms with Crippen LogP contribution < -0.4 is 21.7 Å². The van der Waals surface area contributed by atoms with E-state index in [0.717, 1.165) is 43.4 Å². The zero-order chi connectivity index (χ0) is 20.4. The van der Waals surface area contributed by atoms with Crippen LogP contribution in [0.15, 0.2) is 58.5 Å². The highest BCUT2D eigenvalue weighted by molar-refractivity contribution is 6.10. The average Bonchev–Trinajstić information content (AvgIpc) is 2.70. The Morgan fingerprint density at radius 3 is 2.52 bits per heavy atom. The van der Waals surface area contributed by atoms with Gasteiger partial charge >= 0.3 is 0 Å². The van der Waals surface area contributed by atoms with Crippen molar-refractivity contribution >= 4 is 29.2 Å². The number of hydrogen-bond acceptors (Lipinski definition) is 6. The number of rotatable bonds is 3. The van der Waals surface area contributed by atoms with Crippen LogP contribution in [0.2, 0.25) is 0 Å². The van der Waals surface area contributed by atoms with Crippen molar-refractivity contribution in [2.45, 2.75) is 44.7 Å². The second-order valence-corrected chi connectivity index (χ2v) is 7.66. The number of carbonyl (C=O) groups is 1. The fraction of sp³-hybridized carbons (Fsp3) is 0.318. The predicted molar refractivity (Wildman–Crippen MR) is 117 cm³/mol. The lowest BCUT2D eigenvalue weighted by Gasteiger charge is -2.46. The second-order valence-electron chi connectivity index (χ2n) is 7.66. The summed E-state index contributed by atoms with van der Waals surface area (Å²) in [4.78, 5) is 23.7. The Morgan fingerprint density at radius 2 is 1.79 bits per heavy atom. The Bertz CT molecular complexity index is 976. The lowest BCUT2D eigenvalue weighted by Crippen LogP contribution is -2.58. The number of nitrogens with one attached hydrogen (secondary N) is 1. The normalized spacial score (nSPS) is 18.2. The molecule has 1 saturated carbocycles. The van der Waals surface area contributed by atoms with Crippen molar-refractivity contribution in [1.29, 1.82) is 0 Å². The molecule has 2 aliphatic rings. The summed E-state index contributed by atoms with van der Waals surface area (Å²) >= 11 is 0. The van der Waals surface area contributed by atoms with Gasteiger partial charge in [0, 0.05) is 5.56 Å². The monoisotopic (exact) mass is 390 g/mol. The van der Waals surface area contributed by atoms with Gasteiger partial charge in [-0.25, -0.2) is 4.99 Å². The van der Waals surface area contributed by atoms with Crippen LogP contribution in [0.1, 0.15) is 48.0 Å². The first-order valence-electron chi connectivity index (χ1n) is 9.95. The number of amides is 1. The highest BCUT2D eigenvalue weighted by atomic mass is 16.1. The average molecular weight is 390 g/mol. The molecule has 7 heteroatoms. The van der Waals surface area contributed by atoms with Crippen molar-refractivity contribution in [2.24, 2.45) is 21.5 Å². The molecule has 4 rings (SSSR count). The third kappa shape index (κ3) is 3.68. The van der Waals surface area contributed by atoms with Gasteiger partial charge in [-0.3, -0.25) is 9.69 Å². The van der Waals surface area contributed by atoms with Gasteiger partial charge in [0.1, 0.15) is 5.66 Å². The van der Waals surface area contributed by atoms with Gasteiger partial charge in [0.15, 0.2) is 0 Å². The molecular formula is C22H26N6O. The topological polar surface area (TPSA) is 109 Å². The number of benzene rings is 2. The largest absolute Gasteiger partial charge is 0.369 e. The van der Waals surface area contributed by atoms with Crippen molar-refractivity contribution in [3.8, 4) is 0 Å². The van der Waals surface area contributed by atoms with Crippen molar-refractivity contribution in [2.75, 3.05) is 10.2 Å². The SMILES string of the molecule is Cc1ccc(NC(=O)c2ccccc2)c(N2C(N)=NC(N)=NC23CCCCC3)c1. The van der Waals surface area contributed by atoms with Gasteiger partial charge < -0.3 is 16.8 Å². The Morgan fingerprint density at radius 1 is 1.07 bits per heavy atom. The van der Waals surface area contributed by atoms with Gasteiger partial charge in [-0.2, -0.15) is 4.99 Å². The van der Waals surface area contributed by atoms with Crippen LogP contribution in [-0.4, -0.2) is 23.5 Å². The zero-order valence-corrected chi connectivity index (χ0v) is 16.6. The molecule has 0 unspecified atom stereocenters. The van der Waals surface area contributed by atoms with Crippen molar-refractivity contribution in [3.05, 3.63) is 59.7 Å². The summed E-state index contributed by atoms with van der Waals surface area (Å²) in [6.07, 6.45) is 4.91. The van der Waals surface area contributed by atoms with Crippen molar-refractivity contribution in [3.63, 3.8) is 0 Å². The third-order valence-corrected chi connectivity index (χ3v) is 5.53. The molecular weight excluding hydrogens is 364 g/mol. The first-order valence-corrected chi connectivity index (χ1v) is 9.95. The lowest BCUT2D eigenvalue weighted by atomic mass is 9.87. The molecule has 1 aliphatic heterocycles. The van der Waals surface area contributed by atoms with E-state index in [2.05, 4.69) is 10.3 Å². The molecule has 5 N–H and O–H groups in total. The number of nitrogens with two attached hydrogens (primary N) is 2. The van der Waals surface area contributed by atoms with E-state index in [1.165, 1.54) is 0 Å². The van der Waals surface area contributed by atoms with E-state index in [4.69, 9.17) is 16.5 Å².